The van der Waals surface area contributed by atoms with Crippen LogP contribution in [0, 0.1) is 0 Å². The number of nitrogens with zero attached hydrogens (tertiary/aromatic N) is 1. The van der Waals surface area contributed by atoms with E-state index in [0.717, 1.165) is 30.2 Å². The maximum Gasteiger partial charge on any atom is 0.231 e. The Hall–Kier alpha value is -1.56. The van der Waals surface area contributed by atoms with E-state index in [1.165, 1.54) is 5.56 Å². The SMILES string of the molecule is O[C@@H]1C=C[C@@]2(O)C3CN(Cc4cc5c(cc43)OCO5)[C@H]2C1. The normalized spacial score (nSPS) is 41.8. The van der Waals surface area contributed by atoms with Gasteiger partial charge in [-0.1, -0.05) is 12.2 Å². The molecule has 2 bridgehead atoms. The molecule has 110 valence electrons. The van der Waals surface area contributed by atoms with Gasteiger partial charge in [0.1, 0.15) is 5.60 Å². The Morgan fingerprint density at radius 2 is 2.05 bits per heavy atom. The van der Waals surface area contributed by atoms with Gasteiger partial charge in [0.15, 0.2) is 11.5 Å². The minimum atomic E-state index is -0.891. The molecule has 1 saturated heterocycles. The van der Waals surface area contributed by atoms with Crippen LogP contribution < -0.4 is 9.47 Å². The number of rotatable bonds is 0. The smallest absolute Gasteiger partial charge is 0.231 e. The molecule has 1 fully saturated rings. The van der Waals surface area contributed by atoms with Crippen LogP contribution in [-0.2, 0) is 6.54 Å². The van der Waals surface area contributed by atoms with Gasteiger partial charge in [-0.15, -0.1) is 0 Å². The van der Waals surface area contributed by atoms with Crippen molar-refractivity contribution in [3.8, 4) is 11.5 Å². The van der Waals surface area contributed by atoms with Gasteiger partial charge < -0.3 is 19.7 Å². The molecular formula is C16H17NO4. The zero-order valence-corrected chi connectivity index (χ0v) is 11.5. The summed E-state index contributed by atoms with van der Waals surface area (Å²) in [5.74, 6) is 1.60. The molecule has 5 rings (SSSR count). The standard InChI is InChI=1S/C16H17NO4/c18-10-1-2-16(19)12-7-17(15(16)4-10)6-9-3-13-14(5-11(9)12)21-8-20-13/h1-3,5,10,12,15,18-19H,4,6-8H2/t10-,12?,15+,16-/m1/s1. The fourth-order valence-corrected chi connectivity index (χ4v) is 4.37. The first-order valence-corrected chi connectivity index (χ1v) is 7.41. The highest BCUT2D eigenvalue weighted by Gasteiger charge is 2.56. The molecule has 21 heavy (non-hydrogen) atoms. The van der Waals surface area contributed by atoms with Crippen molar-refractivity contribution in [1.29, 1.82) is 0 Å². The molecule has 1 aliphatic carbocycles. The van der Waals surface area contributed by atoms with E-state index in [2.05, 4.69) is 4.90 Å². The third kappa shape index (κ3) is 1.46. The summed E-state index contributed by atoms with van der Waals surface area (Å²) in [5, 5.41) is 21.1. The van der Waals surface area contributed by atoms with E-state index >= 15 is 0 Å². The summed E-state index contributed by atoms with van der Waals surface area (Å²) in [5.41, 5.74) is 1.46. The monoisotopic (exact) mass is 287 g/mol. The second-order valence-corrected chi connectivity index (χ2v) is 6.45. The zero-order valence-electron chi connectivity index (χ0n) is 11.5. The lowest BCUT2D eigenvalue weighted by Gasteiger charge is -2.36. The van der Waals surface area contributed by atoms with E-state index in [1.807, 2.05) is 12.1 Å². The van der Waals surface area contributed by atoms with Gasteiger partial charge in [-0.2, -0.15) is 0 Å². The first-order chi connectivity index (χ1) is 10.1. The van der Waals surface area contributed by atoms with Crippen LogP contribution in [0.25, 0.3) is 0 Å². The van der Waals surface area contributed by atoms with Crippen molar-refractivity contribution in [3.05, 3.63) is 35.4 Å². The van der Waals surface area contributed by atoms with E-state index in [0.29, 0.717) is 6.42 Å². The Morgan fingerprint density at radius 1 is 1.24 bits per heavy atom. The van der Waals surface area contributed by atoms with Crippen LogP contribution in [0.15, 0.2) is 24.3 Å². The van der Waals surface area contributed by atoms with Gasteiger partial charge in [-0.25, -0.2) is 0 Å². The molecule has 2 unspecified atom stereocenters. The zero-order chi connectivity index (χ0) is 14.2. The van der Waals surface area contributed by atoms with Crippen molar-refractivity contribution in [3.63, 3.8) is 0 Å². The van der Waals surface area contributed by atoms with Crippen molar-refractivity contribution in [2.75, 3.05) is 13.3 Å². The predicted molar refractivity (Wildman–Crippen MR) is 74.2 cm³/mol. The summed E-state index contributed by atoms with van der Waals surface area (Å²) in [6, 6.07) is 4.04. The molecule has 0 amide bonds. The first kappa shape index (κ1) is 12.0. The minimum absolute atomic E-state index is 0.0217. The van der Waals surface area contributed by atoms with Gasteiger partial charge in [0.25, 0.3) is 0 Å². The second kappa shape index (κ2) is 3.80. The van der Waals surface area contributed by atoms with Gasteiger partial charge in [0.2, 0.25) is 6.79 Å². The van der Waals surface area contributed by atoms with Gasteiger partial charge >= 0.3 is 0 Å². The summed E-state index contributed by atoms with van der Waals surface area (Å²) in [6.07, 6.45) is 3.65. The quantitative estimate of drug-likeness (QED) is 0.690. The van der Waals surface area contributed by atoms with Crippen LogP contribution in [0.2, 0.25) is 0 Å². The Morgan fingerprint density at radius 3 is 2.90 bits per heavy atom. The van der Waals surface area contributed by atoms with E-state index in [-0.39, 0.29) is 18.8 Å². The van der Waals surface area contributed by atoms with Gasteiger partial charge in [-0.3, -0.25) is 4.90 Å². The Bertz CT molecular complexity index is 658. The van der Waals surface area contributed by atoms with Crippen molar-refractivity contribution < 1.29 is 19.7 Å². The Balaban J connectivity index is 1.66. The lowest BCUT2D eigenvalue weighted by Crippen LogP contribution is -2.47. The van der Waals surface area contributed by atoms with Crippen molar-refractivity contribution in [1.82, 2.24) is 4.90 Å². The highest BCUT2D eigenvalue weighted by atomic mass is 16.7. The molecule has 0 saturated carbocycles. The minimum Gasteiger partial charge on any atom is -0.454 e. The fourth-order valence-electron chi connectivity index (χ4n) is 4.37. The molecule has 1 aromatic rings. The third-order valence-corrected chi connectivity index (χ3v) is 5.38. The Kier molecular flexibility index (Phi) is 2.17. The number of aliphatic hydroxyl groups is 2. The molecule has 0 aromatic heterocycles. The van der Waals surface area contributed by atoms with Crippen LogP contribution in [0.4, 0.5) is 0 Å². The number of ether oxygens (including phenoxy) is 2. The van der Waals surface area contributed by atoms with Gasteiger partial charge in [-0.05, 0) is 29.7 Å². The second-order valence-electron chi connectivity index (χ2n) is 6.45. The first-order valence-electron chi connectivity index (χ1n) is 7.41. The molecule has 2 N–H and O–H groups in total. The van der Waals surface area contributed by atoms with Crippen LogP contribution in [0.5, 0.6) is 11.5 Å². The maximum atomic E-state index is 11.2. The number of fused-ring (bicyclic) bond motifs is 8. The molecule has 3 heterocycles. The average Bonchev–Trinajstić information content (AvgIpc) is 3.01. The van der Waals surface area contributed by atoms with Crippen LogP contribution in [0.1, 0.15) is 23.5 Å². The third-order valence-electron chi connectivity index (χ3n) is 5.38. The molecule has 5 atom stereocenters. The number of hydrogen-bond donors (Lipinski definition) is 2. The molecular weight excluding hydrogens is 270 g/mol. The van der Waals surface area contributed by atoms with Gasteiger partial charge in [0.05, 0.1) is 6.10 Å². The molecule has 5 heteroatoms. The van der Waals surface area contributed by atoms with Crippen LogP contribution >= 0.6 is 0 Å². The van der Waals surface area contributed by atoms with Crippen LogP contribution in [-0.4, -0.2) is 46.2 Å². The van der Waals surface area contributed by atoms with Crippen molar-refractivity contribution >= 4 is 0 Å². The number of hydrogen-bond acceptors (Lipinski definition) is 5. The lowest BCUT2D eigenvalue weighted by atomic mass is 9.75. The molecule has 5 nitrogen and oxygen atoms in total. The fraction of sp³-hybridized carbons (Fsp3) is 0.500. The largest absolute Gasteiger partial charge is 0.454 e. The average molecular weight is 287 g/mol. The lowest BCUT2D eigenvalue weighted by molar-refractivity contribution is 0.00843. The van der Waals surface area contributed by atoms with Gasteiger partial charge in [0, 0.05) is 25.0 Å². The summed E-state index contributed by atoms with van der Waals surface area (Å²) >= 11 is 0. The predicted octanol–water partition coefficient (Wildman–Crippen LogP) is 0.749. The molecule has 1 aromatic carbocycles. The van der Waals surface area contributed by atoms with E-state index in [4.69, 9.17) is 9.47 Å². The van der Waals surface area contributed by atoms with E-state index in [9.17, 15) is 10.2 Å². The molecule has 0 radical (unpaired) electrons. The van der Waals surface area contributed by atoms with E-state index < -0.39 is 11.7 Å². The highest BCUT2D eigenvalue weighted by molar-refractivity contribution is 5.53. The van der Waals surface area contributed by atoms with Crippen molar-refractivity contribution in [2.24, 2.45) is 0 Å². The molecule has 0 spiro atoms. The summed E-state index contributed by atoms with van der Waals surface area (Å²) in [6.45, 7) is 1.88. The molecule has 3 aliphatic heterocycles. The summed E-state index contributed by atoms with van der Waals surface area (Å²) in [7, 11) is 0. The Labute approximate surface area is 122 Å². The number of aliphatic hydroxyl groups excluding tert-OH is 1. The highest BCUT2D eigenvalue weighted by Crippen LogP contribution is 2.52. The number of benzene rings is 1. The van der Waals surface area contributed by atoms with E-state index in [1.54, 1.807) is 12.2 Å². The van der Waals surface area contributed by atoms with Crippen LogP contribution in [0.3, 0.4) is 0 Å². The van der Waals surface area contributed by atoms with Crippen molar-refractivity contribution in [2.45, 2.75) is 36.6 Å². The topological polar surface area (TPSA) is 62.2 Å². The summed E-state index contributed by atoms with van der Waals surface area (Å²) in [4.78, 5) is 2.28. The molecule has 4 aliphatic rings. The summed E-state index contributed by atoms with van der Waals surface area (Å²) < 4.78 is 10.9. The maximum absolute atomic E-state index is 11.2.